The molecule has 3 aromatic rings. The smallest absolute Gasteiger partial charge is 0.265 e. The van der Waals surface area contributed by atoms with Gasteiger partial charge in [0.15, 0.2) is 6.10 Å². The van der Waals surface area contributed by atoms with Gasteiger partial charge in [-0.2, -0.15) is 0 Å². The summed E-state index contributed by atoms with van der Waals surface area (Å²) in [6.45, 7) is 1.65. The third kappa shape index (κ3) is 5.21. The number of para-hydroxylation sites is 1. The number of rotatable bonds is 8. The lowest BCUT2D eigenvalue weighted by molar-refractivity contribution is -0.122. The molecule has 1 amide bonds. The monoisotopic (exact) mass is 400 g/mol. The van der Waals surface area contributed by atoms with Crippen molar-refractivity contribution in [2.75, 3.05) is 5.32 Å². The summed E-state index contributed by atoms with van der Waals surface area (Å²) in [6.07, 6.45) is 0.720. The van der Waals surface area contributed by atoms with Crippen LogP contribution >= 0.6 is 0 Å². The van der Waals surface area contributed by atoms with E-state index in [0.29, 0.717) is 17.2 Å². The van der Waals surface area contributed by atoms with E-state index in [4.69, 9.17) is 9.15 Å². The highest BCUT2D eigenvalue weighted by molar-refractivity contribution is 7.89. The van der Waals surface area contributed by atoms with Crippen LogP contribution in [0.5, 0.6) is 5.75 Å². The van der Waals surface area contributed by atoms with E-state index in [9.17, 15) is 13.2 Å². The van der Waals surface area contributed by atoms with Crippen LogP contribution in [-0.2, 0) is 21.4 Å². The number of carbonyl (C=O) groups excluding carboxylic acids is 1. The number of hydrogen-bond donors (Lipinski definition) is 2. The van der Waals surface area contributed by atoms with Crippen molar-refractivity contribution in [3.8, 4) is 5.75 Å². The van der Waals surface area contributed by atoms with Gasteiger partial charge in [-0.25, -0.2) is 13.1 Å². The molecule has 28 heavy (non-hydrogen) atoms. The number of ether oxygens (including phenoxy) is 1. The number of amides is 1. The standard InChI is InChI=1S/C20H20N2O5S/c1-15(27-17-8-3-2-4-9-17)20(23)22-16-7-5-11-19(13-16)28(24,25)21-14-18-10-6-12-26-18/h2-13,15,21H,14H2,1H3,(H,22,23). The van der Waals surface area contributed by atoms with Gasteiger partial charge < -0.3 is 14.5 Å². The summed E-state index contributed by atoms with van der Waals surface area (Å²) in [5, 5.41) is 2.67. The van der Waals surface area contributed by atoms with Crippen molar-refractivity contribution in [3.63, 3.8) is 0 Å². The van der Waals surface area contributed by atoms with Crippen molar-refractivity contribution in [1.29, 1.82) is 0 Å². The van der Waals surface area contributed by atoms with Crippen molar-refractivity contribution < 1.29 is 22.4 Å². The Morgan fingerprint density at radius 3 is 2.57 bits per heavy atom. The first kappa shape index (κ1) is 19.7. The number of carbonyl (C=O) groups is 1. The number of nitrogens with one attached hydrogen (secondary N) is 2. The molecule has 0 spiro atoms. The number of furan rings is 1. The number of anilines is 1. The molecule has 2 N–H and O–H groups in total. The van der Waals surface area contributed by atoms with Gasteiger partial charge in [0.2, 0.25) is 10.0 Å². The van der Waals surface area contributed by atoms with Crippen LogP contribution in [0.2, 0.25) is 0 Å². The molecule has 0 fully saturated rings. The van der Waals surface area contributed by atoms with Crippen LogP contribution in [0.25, 0.3) is 0 Å². The predicted molar refractivity (Wildman–Crippen MR) is 104 cm³/mol. The second kappa shape index (κ2) is 8.73. The summed E-state index contributed by atoms with van der Waals surface area (Å²) >= 11 is 0. The summed E-state index contributed by atoms with van der Waals surface area (Å²) in [5.74, 6) is 0.686. The Kier molecular flexibility index (Phi) is 6.13. The van der Waals surface area contributed by atoms with Crippen LogP contribution in [0, 0.1) is 0 Å². The minimum absolute atomic E-state index is 0.0356. The summed E-state index contributed by atoms with van der Waals surface area (Å²) < 4.78 is 38.0. The summed E-state index contributed by atoms with van der Waals surface area (Å²) in [6, 6.07) is 18.3. The molecule has 1 aromatic heterocycles. The fourth-order valence-electron chi connectivity index (χ4n) is 2.40. The number of benzene rings is 2. The van der Waals surface area contributed by atoms with Gasteiger partial charge in [-0.1, -0.05) is 24.3 Å². The number of hydrogen-bond acceptors (Lipinski definition) is 5. The summed E-state index contributed by atoms with van der Waals surface area (Å²) in [7, 11) is -3.76. The Morgan fingerprint density at radius 1 is 1.07 bits per heavy atom. The Morgan fingerprint density at radius 2 is 1.86 bits per heavy atom. The SMILES string of the molecule is CC(Oc1ccccc1)C(=O)Nc1cccc(S(=O)(=O)NCc2ccco2)c1. The molecule has 1 unspecified atom stereocenters. The zero-order valence-corrected chi connectivity index (χ0v) is 16.0. The molecule has 0 radical (unpaired) electrons. The van der Waals surface area contributed by atoms with Crippen molar-refractivity contribution in [1.82, 2.24) is 4.72 Å². The van der Waals surface area contributed by atoms with E-state index in [0.717, 1.165) is 0 Å². The third-order valence-corrected chi connectivity index (χ3v) is 5.25. The lowest BCUT2D eigenvalue weighted by atomic mass is 10.3. The molecule has 0 aliphatic heterocycles. The highest BCUT2D eigenvalue weighted by Gasteiger charge is 2.18. The van der Waals surface area contributed by atoms with E-state index in [1.165, 1.54) is 18.4 Å². The second-order valence-corrected chi connectivity index (χ2v) is 7.76. The summed E-state index contributed by atoms with van der Waals surface area (Å²) in [5.41, 5.74) is 0.356. The van der Waals surface area contributed by atoms with Crippen LogP contribution in [0.1, 0.15) is 12.7 Å². The van der Waals surface area contributed by atoms with Crippen LogP contribution in [0.4, 0.5) is 5.69 Å². The lowest BCUT2D eigenvalue weighted by Gasteiger charge is -2.15. The highest BCUT2D eigenvalue weighted by atomic mass is 32.2. The molecule has 1 atom stereocenters. The molecule has 8 heteroatoms. The molecule has 3 rings (SSSR count). The van der Waals surface area contributed by atoms with Gasteiger partial charge in [-0.05, 0) is 49.4 Å². The average Bonchev–Trinajstić information content (AvgIpc) is 3.21. The van der Waals surface area contributed by atoms with Gasteiger partial charge in [-0.15, -0.1) is 0 Å². The zero-order chi connectivity index (χ0) is 20.0. The summed E-state index contributed by atoms with van der Waals surface area (Å²) in [4.78, 5) is 12.4. The number of sulfonamides is 1. The maximum Gasteiger partial charge on any atom is 0.265 e. The molecule has 0 bridgehead atoms. The Labute approximate surface area is 163 Å². The van der Waals surface area contributed by atoms with E-state index in [1.807, 2.05) is 18.2 Å². The van der Waals surface area contributed by atoms with Crippen molar-refractivity contribution >= 4 is 21.6 Å². The molecule has 0 aliphatic rings. The van der Waals surface area contributed by atoms with Crippen molar-refractivity contribution in [2.45, 2.75) is 24.5 Å². The van der Waals surface area contributed by atoms with E-state index < -0.39 is 16.1 Å². The first-order chi connectivity index (χ1) is 13.4. The Balaban J connectivity index is 1.64. The van der Waals surface area contributed by atoms with Crippen LogP contribution < -0.4 is 14.8 Å². The zero-order valence-electron chi connectivity index (χ0n) is 15.2. The van der Waals surface area contributed by atoms with E-state index >= 15 is 0 Å². The first-order valence-corrected chi connectivity index (χ1v) is 10.1. The molecular formula is C20H20N2O5S. The normalized spacial score (nSPS) is 12.3. The van der Waals surface area contributed by atoms with Crippen LogP contribution in [0.3, 0.4) is 0 Å². The molecule has 1 heterocycles. The van der Waals surface area contributed by atoms with E-state index in [-0.39, 0.29) is 17.3 Å². The molecule has 0 saturated heterocycles. The molecule has 2 aromatic carbocycles. The minimum Gasteiger partial charge on any atom is -0.481 e. The van der Waals surface area contributed by atoms with Crippen LogP contribution in [0.15, 0.2) is 82.3 Å². The average molecular weight is 400 g/mol. The van der Waals surface area contributed by atoms with Crippen molar-refractivity contribution in [2.24, 2.45) is 0 Å². The molecule has 0 saturated carbocycles. The lowest BCUT2D eigenvalue weighted by Crippen LogP contribution is -2.30. The molecule has 7 nitrogen and oxygen atoms in total. The van der Waals surface area contributed by atoms with E-state index in [2.05, 4.69) is 10.0 Å². The van der Waals surface area contributed by atoms with E-state index in [1.54, 1.807) is 43.3 Å². The van der Waals surface area contributed by atoms with Gasteiger partial charge in [0.25, 0.3) is 5.91 Å². The Hall–Kier alpha value is -3.10. The van der Waals surface area contributed by atoms with Gasteiger partial charge in [0.1, 0.15) is 11.5 Å². The van der Waals surface area contributed by atoms with Gasteiger partial charge in [-0.3, -0.25) is 4.79 Å². The highest BCUT2D eigenvalue weighted by Crippen LogP contribution is 2.17. The molecular weight excluding hydrogens is 380 g/mol. The van der Waals surface area contributed by atoms with Gasteiger partial charge in [0, 0.05) is 5.69 Å². The van der Waals surface area contributed by atoms with Crippen molar-refractivity contribution in [3.05, 3.63) is 78.8 Å². The first-order valence-electron chi connectivity index (χ1n) is 8.59. The fraction of sp³-hybridized carbons (Fsp3) is 0.150. The van der Waals surface area contributed by atoms with Gasteiger partial charge >= 0.3 is 0 Å². The maximum atomic E-state index is 12.5. The Bertz CT molecular complexity index is 1020. The second-order valence-electron chi connectivity index (χ2n) is 5.99. The maximum absolute atomic E-state index is 12.5. The quantitative estimate of drug-likeness (QED) is 0.605. The molecule has 0 aliphatic carbocycles. The third-order valence-electron chi connectivity index (χ3n) is 3.85. The van der Waals surface area contributed by atoms with Gasteiger partial charge in [0.05, 0.1) is 17.7 Å². The largest absolute Gasteiger partial charge is 0.481 e. The predicted octanol–water partition coefficient (Wildman–Crippen LogP) is 3.16. The molecule has 146 valence electrons. The topological polar surface area (TPSA) is 97.6 Å². The van der Waals surface area contributed by atoms with Crippen LogP contribution in [-0.4, -0.2) is 20.4 Å². The minimum atomic E-state index is -3.76. The fourth-order valence-corrected chi connectivity index (χ4v) is 3.44.